The van der Waals surface area contributed by atoms with Crippen LogP contribution in [-0.2, 0) is 17.6 Å². The lowest BCUT2D eigenvalue weighted by Gasteiger charge is -2.05. The van der Waals surface area contributed by atoms with Gasteiger partial charge >= 0.3 is 0 Å². The van der Waals surface area contributed by atoms with E-state index in [0.29, 0.717) is 22.3 Å². The fraction of sp³-hybridized carbons (Fsp3) is 0.143. The van der Waals surface area contributed by atoms with Gasteiger partial charge in [-0.25, -0.2) is 4.98 Å². The Hall–Kier alpha value is -1.58. The third-order valence-electron chi connectivity index (χ3n) is 2.70. The maximum atomic E-state index is 12.0. The van der Waals surface area contributed by atoms with Crippen LogP contribution in [0.1, 0.15) is 11.1 Å². The minimum atomic E-state index is 0.0538. The fourth-order valence-corrected chi connectivity index (χ4v) is 2.07. The number of aromatic nitrogens is 1. The van der Waals surface area contributed by atoms with Gasteiger partial charge in [-0.3, -0.25) is 4.79 Å². The lowest BCUT2D eigenvalue weighted by Crippen LogP contribution is -2.09. The largest absolute Gasteiger partial charge is 0.383 e. The first-order valence-corrected chi connectivity index (χ1v) is 6.47. The van der Waals surface area contributed by atoms with Crippen LogP contribution in [-0.4, -0.2) is 10.8 Å². The number of hydrogen-bond acceptors (Lipinski definition) is 3. The normalized spacial score (nSPS) is 10.4. The van der Waals surface area contributed by atoms with Crippen LogP contribution in [0, 0.1) is 0 Å². The van der Waals surface area contributed by atoms with Crippen molar-refractivity contribution >= 4 is 34.8 Å². The van der Waals surface area contributed by atoms with E-state index in [2.05, 4.69) is 4.98 Å². The number of carbonyl (C=O) groups is 1. The van der Waals surface area contributed by atoms with Crippen LogP contribution in [0.2, 0.25) is 10.0 Å². The second kappa shape index (κ2) is 6.04. The summed E-state index contributed by atoms with van der Waals surface area (Å²) in [5.74, 6) is 0.447. The predicted octanol–water partition coefficient (Wildman–Crippen LogP) is 3.32. The standard InChI is InChI=1S/C14H12Cl2N2O/c15-12-4-3-9(7-13(12)16)6-11(19)8-10-2-1-5-18-14(10)17/h1-5,7H,6,8H2,(H2,17,18). The molecule has 0 spiro atoms. The van der Waals surface area contributed by atoms with E-state index >= 15 is 0 Å². The topological polar surface area (TPSA) is 56.0 Å². The van der Waals surface area contributed by atoms with Crippen LogP contribution < -0.4 is 5.73 Å². The van der Waals surface area contributed by atoms with E-state index in [-0.39, 0.29) is 12.2 Å². The Labute approximate surface area is 121 Å². The number of anilines is 1. The maximum Gasteiger partial charge on any atom is 0.141 e. The molecule has 0 saturated carbocycles. The number of carbonyl (C=O) groups excluding carboxylic acids is 1. The van der Waals surface area contributed by atoms with Crippen LogP contribution in [0.15, 0.2) is 36.5 Å². The lowest BCUT2D eigenvalue weighted by atomic mass is 10.0. The summed E-state index contributed by atoms with van der Waals surface area (Å²) in [6.45, 7) is 0. The minimum Gasteiger partial charge on any atom is -0.383 e. The highest BCUT2D eigenvalue weighted by molar-refractivity contribution is 6.42. The van der Waals surface area contributed by atoms with Gasteiger partial charge in [-0.15, -0.1) is 0 Å². The van der Waals surface area contributed by atoms with E-state index in [9.17, 15) is 4.79 Å². The Bertz CT molecular complexity index is 614. The summed E-state index contributed by atoms with van der Waals surface area (Å²) in [5, 5.41) is 0.933. The summed E-state index contributed by atoms with van der Waals surface area (Å²) in [6, 6.07) is 8.74. The number of nitrogens with two attached hydrogens (primary N) is 1. The number of rotatable bonds is 4. The maximum absolute atomic E-state index is 12.0. The molecule has 0 fully saturated rings. The number of ketones is 1. The second-order valence-electron chi connectivity index (χ2n) is 4.19. The Morgan fingerprint density at radius 2 is 1.95 bits per heavy atom. The van der Waals surface area contributed by atoms with Crippen LogP contribution >= 0.6 is 23.2 Å². The molecule has 0 bridgehead atoms. The van der Waals surface area contributed by atoms with Gasteiger partial charge < -0.3 is 5.73 Å². The van der Waals surface area contributed by atoms with E-state index in [1.807, 2.05) is 0 Å². The van der Waals surface area contributed by atoms with Crippen LogP contribution in [0.3, 0.4) is 0 Å². The van der Waals surface area contributed by atoms with Crippen molar-refractivity contribution in [3.05, 3.63) is 57.7 Å². The third kappa shape index (κ3) is 3.69. The predicted molar refractivity (Wildman–Crippen MR) is 77.5 cm³/mol. The first-order chi connectivity index (χ1) is 9.06. The van der Waals surface area contributed by atoms with E-state index in [1.54, 1.807) is 36.5 Å². The Morgan fingerprint density at radius 3 is 2.63 bits per heavy atom. The molecule has 3 nitrogen and oxygen atoms in total. The highest BCUT2D eigenvalue weighted by Gasteiger charge is 2.09. The molecule has 2 rings (SSSR count). The van der Waals surface area contributed by atoms with Gasteiger partial charge in [-0.1, -0.05) is 35.3 Å². The molecular weight excluding hydrogens is 283 g/mol. The number of nitrogen functional groups attached to an aromatic ring is 1. The van der Waals surface area contributed by atoms with Crippen molar-refractivity contribution < 1.29 is 4.79 Å². The van der Waals surface area contributed by atoms with Crippen LogP contribution in [0.25, 0.3) is 0 Å². The molecule has 5 heteroatoms. The van der Waals surface area contributed by atoms with E-state index < -0.39 is 0 Å². The average molecular weight is 295 g/mol. The van der Waals surface area contributed by atoms with Gasteiger partial charge in [-0.05, 0) is 23.8 Å². The highest BCUT2D eigenvalue weighted by atomic mass is 35.5. The van der Waals surface area contributed by atoms with Gasteiger partial charge in [0, 0.05) is 24.6 Å². The van der Waals surface area contributed by atoms with Crippen LogP contribution in [0.5, 0.6) is 0 Å². The van der Waals surface area contributed by atoms with E-state index in [4.69, 9.17) is 28.9 Å². The van der Waals surface area contributed by atoms with Crippen molar-refractivity contribution in [3.63, 3.8) is 0 Å². The van der Waals surface area contributed by atoms with Crippen molar-refractivity contribution in [2.45, 2.75) is 12.8 Å². The van der Waals surface area contributed by atoms with Crippen molar-refractivity contribution in [1.82, 2.24) is 4.98 Å². The van der Waals surface area contributed by atoms with E-state index in [1.165, 1.54) is 0 Å². The first kappa shape index (κ1) is 13.8. The van der Waals surface area contributed by atoms with Crippen molar-refractivity contribution in [3.8, 4) is 0 Å². The molecule has 2 aromatic rings. The molecule has 1 aromatic carbocycles. The van der Waals surface area contributed by atoms with Gasteiger partial charge in [0.1, 0.15) is 11.6 Å². The van der Waals surface area contributed by atoms with Crippen molar-refractivity contribution in [1.29, 1.82) is 0 Å². The minimum absolute atomic E-state index is 0.0538. The Morgan fingerprint density at radius 1 is 1.16 bits per heavy atom. The van der Waals surface area contributed by atoms with Gasteiger partial charge in [0.15, 0.2) is 0 Å². The summed E-state index contributed by atoms with van der Waals surface area (Å²) in [7, 11) is 0. The highest BCUT2D eigenvalue weighted by Crippen LogP contribution is 2.23. The molecule has 98 valence electrons. The van der Waals surface area contributed by atoms with E-state index in [0.717, 1.165) is 11.1 Å². The summed E-state index contributed by atoms with van der Waals surface area (Å²) < 4.78 is 0. The average Bonchev–Trinajstić information content (AvgIpc) is 2.37. The summed E-state index contributed by atoms with van der Waals surface area (Å²) in [6.07, 6.45) is 2.16. The van der Waals surface area contributed by atoms with Gasteiger partial charge in [0.05, 0.1) is 10.0 Å². The number of pyridine rings is 1. The zero-order valence-corrected chi connectivity index (χ0v) is 11.6. The van der Waals surface area contributed by atoms with Crippen LogP contribution in [0.4, 0.5) is 5.82 Å². The monoisotopic (exact) mass is 294 g/mol. The molecule has 19 heavy (non-hydrogen) atoms. The van der Waals surface area contributed by atoms with Gasteiger partial charge in [0.2, 0.25) is 0 Å². The molecule has 0 aliphatic carbocycles. The number of nitrogens with zero attached hydrogens (tertiary/aromatic N) is 1. The molecule has 1 heterocycles. The van der Waals surface area contributed by atoms with Gasteiger partial charge in [0.25, 0.3) is 0 Å². The smallest absolute Gasteiger partial charge is 0.141 e. The molecule has 0 saturated heterocycles. The molecule has 0 radical (unpaired) electrons. The Kier molecular flexibility index (Phi) is 4.40. The number of hydrogen-bond donors (Lipinski definition) is 1. The second-order valence-corrected chi connectivity index (χ2v) is 5.00. The quantitative estimate of drug-likeness (QED) is 0.941. The molecule has 0 unspecified atom stereocenters. The summed E-state index contributed by atoms with van der Waals surface area (Å²) in [5.41, 5.74) is 7.28. The number of benzene rings is 1. The molecule has 0 aliphatic rings. The molecule has 1 aromatic heterocycles. The van der Waals surface area contributed by atoms with Crippen molar-refractivity contribution in [2.24, 2.45) is 0 Å². The number of halogens is 2. The molecule has 0 aliphatic heterocycles. The Balaban J connectivity index is 2.05. The summed E-state index contributed by atoms with van der Waals surface area (Å²) in [4.78, 5) is 15.9. The molecular formula is C14H12Cl2N2O. The van der Waals surface area contributed by atoms with Crippen molar-refractivity contribution in [2.75, 3.05) is 5.73 Å². The zero-order valence-electron chi connectivity index (χ0n) is 10.1. The zero-order chi connectivity index (χ0) is 13.8. The first-order valence-electron chi connectivity index (χ1n) is 5.71. The SMILES string of the molecule is Nc1ncccc1CC(=O)Cc1ccc(Cl)c(Cl)c1. The third-order valence-corrected chi connectivity index (χ3v) is 3.44. The van der Waals surface area contributed by atoms with Gasteiger partial charge in [-0.2, -0.15) is 0 Å². The molecule has 2 N–H and O–H groups in total. The summed E-state index contributed by atoms with van der Waals surface area (Å²) >= 11 is 11.7. The fourth-order valence-electron chi connectivity index (χ4n) is 1.75. The number of Topliss-reactive ketones (excluding diaryl/α,β-unsaturated/α-hetero) is 1. The molecule has 0 atom stereocenters. The lowest BCUT2D eigenvalue weighted by molar-refractivity contribution is -0.117. The molecule has 0 amide bonds.